The molecule has 5 aromatic rings. The van der Waals surface area contributed by atoms with Crippen molar-refractivity contribution in [2.75, 3.05) is 0 Å². The molecule has 34 heavy (non-hydrogen) atoms. The van der Waals surface area contributed by atoms with Crippen molar-refractivity contribution < 1.29 is 5.11 Å². The van der Waals surface area contributed by atoms with E-state index in [-0.39, 0.29) is 0 Å². The van der Waals surface area contributed by atoms with Gasteiger partial charge in [-0.3, -0.25) is 0 Å². The topological polar surface area (TPSA) is 102 Å². The molecular formula is C26H24N6OS. The molecule has 1 saturated carbocycles. The molecule has 0 saturated heterocycles. The molecule has 1 aromatic carbocycles. The van der Waals surface area contributed by atoms with Crippen LogP contribution in [-0.4, -0.2) is 35.3 Å². The summed E-state index contributed by atoms with van der Waals surface area (Å²) in [7, 11) is 0. The Kier molecular flexibility index (Phi) is 4.51. The molecule has 0 spiro atoms. The predicted octanol–water partition coefficient (Wildman–Crippen LogP) is 4.80. The number of thiophene rings is 1. The number of nitrogens with zero attached hydrogens (tertiary/aromatic N) is 5. The van der Waals surface area contributed by atoms with Crippen molar-refractivity contribution in [1.29, 1.82) is 0 Å². The van der Waals surface area contributed by atoms with Gasteiger partial charge in [0.15, 0.2) is 11.3 Å². The first-order chi connectivity index (χ1) is 16.2. The fraction of sp³-hybridized carbons (Fsp3) is 0.231. The zero-order chi connectivity index (χ0) is 23.7. The van der Waals surface area contributed by atoms with Gasteiger partial charge in [-0.25, -0.2) is 15.0 Å². The summed E-state index contributed by atoms with van der Waals surface area (Å²) in [5, 5.41) is 16.9. The maximum atomic E-state index is 10.2. The van der Waals surface area contributed by atoms with E-state index in [1.165, 1.54) is 0 Å². The van der Waals surface area contributed by atoms with E-state index < -0.39 is 11.1 Å². The average molecular weight is 469 g/mol. The Morgan fingerprint density at radius 1 is 1.15 bits per heavy atom. The lowest BCUT2D eigenvalue weighted by atomic mass is 9.63. The van der Waals surface area contributed by atoms with Crippen LogP contribution in [0.15, 0.2) is 60.6 Å². The predicted molar refractivity (Wildman–Crippen MR) is 135 cm³/mol. The Bertz CT molecular complexity index is 1560. The SMILES string of the molecule is C=C(C)c1cc2ncc3nc(-c4cccs4)c(-c4ccc(C5(N)CC(C)(O)C5)cc4)nc3n2n1. The van der Waals surface area contributed by atoms with Crippen LogP contribution in [0.25, 0.3) is 44.2 Å². The minimum Gasteiger partial charge on any atom is -0.390 e. The molecule has 0 unspecified atom stereocenters. The van der Waals surface area contributed by atoms with Gasteiger partial charge in [-0.15, -0.1) is 11.3 Å². The summed E-state index contributed by atoms with van der Waals surface area (Å²) >= 11 is 1.62. The quantitative estimate of drug-likeness (QED) is 0.393. The third-order valence-corrected chi connectivity index (χ3v) is 7.31. The van der Waals surface area contributed by atoms with Crippen LogP contribution in [0.5, 0.6) is 0 Å². The first-order valence-corrected chi connectivity index (χ1v) is 12.0. The zero-order valence-electron chi connectivity index (χ0n) is 19.0. The van der Waals surface area contributed by atoms with Crippen LogP contribution in [0.2, 0.25) is 0 Å². The lowest BCUT2D eigenvalue weighted by molar-refractivity contribution is -0.0738. The monoisotopic (exact) mass is 468 g/mol. The molecule has 4 heterocycles. The second-order valence-electron chi connectivity index (χ2n) is 9.53. The van der Waals surface area contributed by atoms with Crippen molar-refractivity contribution in [3.63, 3.8) is 0 Å². The second-order valence-corrected chi connectivity index (χ2v) is 10.5. The van der Waals surface area contributed by atoms with E-state index in [4.69, 9.17) is 15.7 Å². The highest BCUT2D eigenvalue weighted by Gasteiger charge is 2.49. The number of rotatable bonds is 4. The molecule has 0 amide bonds. The zero-order valence-corrected chi connectivity index (χ0v) is 19.8. The van der Waals surface area contributed by atoms with Gasteiger partial charge in [-0.05, 0) is 49.3 Å². The third-order valence-electron chi connectivity index (χ3n) is 6.43. The summed E-state index contributed by atoms with van der Waals surface area (Å²) in [5.41, 5.74) is 12.5. The van der Waals surface area contributed by atoms with E-state index in [1.807, 2.05) is 61.7 Å². The van der Waals surface area contributed by atoms with Gasteiger partial charge >= 0.3 is 0 Å². The van der Waals surface area contributed by atoms with Gasteiger partial charge in [0, 0.05) is 17.2 Å². The van der Waals surface area contributed by atoms with Crippen molar-refractivity contribution in [3.05, 3.63) is 71.9 Å². The summed E-state index contributed by atoms with van der Waals surface area (Å²) in [5.74, 6) is 0. The van der Waals surface area contributed by atoms with Crippen LogP contribution in [0, 0.1) is 0 Å². The maximum Gasteiger partial charge on any atom is 0.184 e. The van der Waals surface area contributed by atoms with Crippen molar-refractivity contribution in [1.82, 2.24) is 24.6 Å². The number of nitrogens with two attached hydrogens (primary N) is 1. The fourth-order valence-electron chi connectivity index (χ4n) is 4.89. The van der Waals surface area contributed by atoms with Crippen LogP contribution in [0.3, 0.4) is 0 Å². The van der Waals surface area contributed by atoms with E-state index in [2.05, 4.69) is 16.7 Å². The van der Waals surface area contributed by atoms with Crippen LogP contribution < -0.4 is 5.73 Å². The third kappa shape index (κ3) is 3.34. The van der Waals surface area contributed by atoms with Gasteiger partial charge in [0.25, 0.3) is 0 Å². The second kappa shape index (κ2) is 7.27. The molecule has 0 atom stereocenters. The minimum atomic E-state index is -0.699. The number of fused-ring (bicyclic) bond motifs is 3. The average Bonchev–Trinajstić information content (AvgIpc) is 3.47. The molecule has 8 heteroatoms. The van der Waals surface area contributed by atoms with Crippen molar-refractivity contribution in [2.45, 2.75) is 37.8 Å². The lowest BCUT2D eigenvalue weighted by Gasteiger charge is -2.49. The first-order valence-electron chi connectivity index (χ1n) is 11.1. The van der Waals surface area contributed by atoms with Crippen molar-refractivity contribution in [2.24, 2.45) is 5.73 Å². The Morgan fingerprint density at radius 2 is 1.91 bits per heavy atom. The highest BCUT2D eigenvalue weighted by molar-refractivity contribution is 7.13. The van der Waals surface area contributed by atoms with Crippen LogP contribution in [-0.2, 0) is 5.54 Å². The highest BCUT2D eigenvalue weighted by Crippen LogP contribution is 2.46. The van der Waals surface area contributed by atoms with E-state index in [9.17, 15) is 5.11 Å². The smallest absolute Gasteiger partial charge is 0.184 e. The van der Waals surface area contributed by atoms with E-state index in [1.54, 1.807) is 22.0 Å². The van der Waals surface area contributed by atoms with Gasteiger partial charge in [0.05, 0.1) is 28.1 Å². The Balaban J connectivity index is 1.52. The largest absolute Gasteiger partial charge is 0.390 e. The Hall–Kier alpha value is -3.46. The molecular weight excluding hydrogens is 444 g/mol. The molecule has 0 aliphatic heterocycles. The summed E-state index contributed by atoms with van der Waals surface area (Å²) in [4.78, 5) is 15.6. The number of hydrogen-bond donors (Lipinski definition) is 2. The number of aliphatic hydroxyl groups is 1. The molecule has 4 aromatic heterocycles. The summed E-state index contributed by atoms with van der Waals surface area (Å²) in [6.45, 7) is 7.75. The number of allylic oxidation sites excluding steroid dienone is 1. The highest BCUT2D eigenvalue weighted by atomic mass is 32.1. The molecule has 0 bridgehead atoms. The fourth-order valence-corrected chi connectivity index (χ4v) is 5.61. The minimum absolute atomic E-state index is 0.500. The van der Waals surface area contributed by atoms with Crippen LogP contribution in [0.4, 0.5) is 0 Å². The molecule has 7 nitrogen and oxygen atoms in total. The molecule has 1 aliphatic rings. The molecule has 1 fully saturated rings. The normalized spacial score (nSPS) is 22.2. The molecule has 3 N–H and O–H groups in total. The molecule has 1 aliphatic carbocycles. The standard InChI is InChI=1S/C26H24N6OS/c1-15(2)18-11-21-28-12-19-24(32(21)31-18)30-22(23(29-19)20-5-4-10-34-20)16-6-8-17(9-7-16)26(27)13-25(3,33)14-26/h4-12,33H,1,13-14,27H2,2-3H3. The summed E-state index contributed by atoms with van der Waals surface area (Å²) < 4.78 is 1.73. The van der Waals surface area contributed by atoms with Gasteiger partial charge in [0.2, 0.25) is 0 Å². The van der Waals surface area contributed by atoms with Gasteiger partial charge in [-0.1, -0.05) is 36.9 Å². The van der Waals surface area contributed by atoms with Crippen LogP contribution in [0.1, 0.15) is 37.9 Å². The van der Waals surface area contributed by atoms with Gasteiger partial charge in [0.1, 0.15) is 11.2 Å². The lowest BCUT2D eigenvalue weighted by Crippen LogP contribution is -2.58. The van der Waals surface area contributed by atoms with E-state index in [0.29, 0.717) is 29.7 Å². The van der Waals surface area contributed by atoms with E-state index >= 15 is 0 Å². The summed E-state index contributed by atoms with van der Waals surface area (Å²) in [6.07, 6.45) is 2.84. The van der Waals surface area contributed by atoms with Crippen molar-refractivity contribution in [3.8, 4) is 21.8 Å². The Labute approximate surface area is 200 Å². The Morgan fingerprint density at radius 3 is 2.56 bits per heavy atom. The number of aromatic nitrogens is 5. The molecule has 170 valence electrons. The molecule has 0 radical (unpaired) electrons. The maximum absolute atomic E-state index is 10.2. The number of benzene rings is 1. The summed E-state index contributed by atoms with van der Waals surface area (Å²) in [6, 6.07) is 14.1. The van der Waals surface area contributed by atoms with Crippen LogP contribution >= 0.6 is 11.3 Å². The van der Waals surface area contributed by atoms with Gasteiger partial charge in [-0.2, -0.15) is 9.61 Å². The number of hydrogen-bond acceptors (Lipinski definition) is 7. The van der Waals surface area contributed by atoms with Crippen molar-refractivity contribution >= 4 is 33.7 Å². The first kappa shape index (κ1) is 21.1. The van der Waals surface area contributed by atoms with Gasteiger partial charge < -0.3 is 10.8 Å². The van der Waals surface area contributed by atoms with E-state index in [0.717, 1.165) is 38.7 Å². The molecule has 6 rings (SSSR count).